The summed E-state index contributed by atoms with van der Waals surface area (Å²) in [6, 6.07) is 5.51. The van der Waals surface area contributed by atoms with Gasteiger partial charge in [-0.05, 0) is 51.8 Å². The molecule has 9 nitrogen and oxygen atoms in total. The lowest BCUT2D eigenvalue weighted by atomic mass is 10.2. The summed E-state index contributed by atoms with van der Waals surface area (Å²) in [6.45, 7) is 8.18. The molecular formula is C21H30N2O7. The third-order valence-corrected chi connectivity index (χ3v) is 4.13. The van der Waals surface area contributed by atoms with E-state index in [0.717, 1.165) is 5.56 Å². The van der Waals surface area contributed by atoms with Crippen molar-refractivity contribution in [3.8, 4) is 11.5 Å². The first kappa shape index (κ1) is 23.3. The Morgan fingerprint density at radius 2 is 1.90 bits per heavy atom. The van der Waals surface area contributed by atoms with Gasteiger partial charge in [-0.25, -0.2) is 4.79 Å². The normalized spacial score (nSPS) is 12.3. The quantitative estimate of drug-likeness (QED) is 0.482. The third kappa shape index (κ3) is 7.81. The van der Waals surface area contributed by atoms with Crippen molar-refractivity contribution < 1.29 is 33.3 Å². The molecule has 0 spiro atoms. The predicted molar refractivity (Wildman–Crippen MR) is 108 cm³/mol. The smallest absolute Gasteiger partial charge is 0.407 e. The van der Waals surface area contributed by atoms with Gasteiger partial charge in [-0.15, -0.1) is 0 Å². The van der Waals surface area contributed by atoms with Crippen molar-refractivity contribution in [3.05, 3.63) is 23.8 Å². The van der Waals surface area contributed by atoms with Crippen LogP contribution in [0.4, 0.5) is 4.79 Å². The summed E-state index contributed by atoms with van der Waals surface area (Å²) in [5.41, 5.74) is 0.323. The van der Waals surface area contributed by atoms with Gasteiger partial charge in [-0.1, -0.05) is 6.07 Å². The predicted octanol–water partition coefficient (Wildman–Crippen LogP) is 2.61. The summed E-state index contributed by atoms with van der Waals surface area (Å²) >= 11 is 0. The number of rotatable bonds is 9. The summed E-state index contributed by atoms with van der Waals surface area (Å²) in [7, 11) is 0. The Morgan fingerprint density at radius 3 is 2.60 bits per heavy atom. The number of ether oxygens (including phenoxy) is 4. The van der Waals surface area contributed by atoms with E-state index in [1.165, 1.54) is 0 Å². The number of carbonyl (C=O) groups is 3. The molecule has 0 aromatic heterocycles. The standard InChI is InChI=1S/C21H30N2O7/c1-5-23(12-15-8-9-16-17(11-15)29-14-28-16)18(24)13-27-19(25)7-6-10-22-20(26)30-21(2,3)4/h8-9,11H,5-7,10,12-14H2,1-4H3,(H,22,26). The van der Waals surface area contributed by atoms with E-state index in [4.69, 9.17) is 18.9 Å². The Bertz CT molecular complexity index is 758. The lowest BCUT2D eigenvalue weighted by Crippen LogP contribution is -2.34. The molecular weight excluding hydrogens is 392 g/mol. The van der Waals surface area contributed by atoms with Gasteiger partial charge in [-0.3, -0.25) is 9.59 Å². The monoisotopic (exact) mass is 422 g/mol. The highest BCUT2D eigenvalue weighted by molar-refractivity contribution is 5.80. The van der Waals surface area contributed by atoms with Crippen LogP contribution in [-0.4, -0.2) is 55.0 Å². The number of hydrogen-bond acceptors (Lipinski definition) is 7. The summed E-state index contributed by atoms with van der Waals surface area (Å²) < 4.78 is 20.8. The maximum atomic E-state index is 12.4. The zero-order valence-corrected chi connectivity index (χ0v) is 18.0. The molecule has 1 aromatic carbocycles. The van der Waals surface area contributed by atoms with E-state index in [2.05, 4.69) is 5.32 Å². The number of alkyl carbamates (subject to hydrolysis) is 1. The lowest BCUT2D eigenvalue weighted by molar-refractivity contribution is -0.152. The Morgan fingerprint density at radius 1 is 1.17 bits per heavy atom. The molecule has 0 atom stereocenters. The van der Waals surface area contributed by atoms with Gasteiger partial charge in [0.1, 0.15) is 5.60 Å². The second kappa shape index (κ2) is 10.7. The average molecular weight is 422 g/mol. The Kier molecular flexibility index (Phi) is 8.32. The second-order valence-corrected chi connectivity index (χ2v) is 7.79. The van der Waals surface area contributed by atoms with Gasteiger partial charge in [-0.2, -0.15) is 0 Å². The summed E-state index contributed by atoms with van der Waals surface area (Å²) in [5, 5.41) is 2.57. The van der Waals surface area contributed by atoms with Crippen molar-refractivity contribution in [1.29, 1.82) is 0 Å². The van der Waals surface area contributed by atoms with Gasteiger partial charge < -0.3 is 29.2 Å². The van der Waals surface area contributed by atoms with Crippen LogP contribution in [0, 0.1) is 0 Å². The maximum absolute atomic E-state index is 12.4. The summed E-state index contributed by atoms with van der Waals surface area (Å²) in [5.74, 6) is 0.564. The van der Waals surface area contributed by atoms with Crippen molar-refractivity contribution in [2.75, 3.05) is 26.5 Å². The molecule has 1 N–H and O–H groups in total. The van der Waals surface area contributed by atoms with Gasteiger partial charge in [0.25, 0.3) is 5.91 Å². The van der Waals surface area contributed by atoms with Gasteiger partial charge in [0.2, 0.25) is 6.79 Å². The number of likely N-dealkylation sites (N-methyl/N-ethyl adjacent to an activating group) is 1. The molecule has 0 saturated heterocycles. The largest absolute Gasteiger partial charge is 0.456 e. The molecule has 1 aliphatic rings. The highest BCUT2D eigenvalue weighted by Crippen LogP contribution is 2.32. The minimum absolute atomic E-state index is 0.0946. The molecule has 1 aliphatic heterocycles. The Hall–Kier alpha value is -2.97. The minimum Gasteiger partial charge on any atom is -0.456 e. The molecule has 0 bridgehead atoms. The topological polar surface area (TPSA) is 103 Å². The van der Waals surface area contributed by atoms with E-state index in [0.29, 0.717) is 31.0 Å². The van der Waals surface area contributed by atoms with Gasteiger partial charge in [0.05, 0.1) is 0 Å². The molecule has 0 saturated carbocycles. The molecule has 0 fully saturated rings. The molecule has 2 amide bonds. The fourth-order valence-corrected chi connectivity index (χ4v) is 2.68. The first-order valence-electron chi connectivity index (χ1n) is 9.96. The van der Waals surface area contributed by atoms with E-state index >= 15 is 0 Å². The minimum atomic E-state index is -0.574. The van der Waals surface area contributed by atoms with Crippen molar-refractivity contribution in [2.45, 2.75) is 52.7 Å². The van der Waals surface area contributed by atoms with Crippen molar-refractivity contribution in [3.63, 3.8) is 0 Å². The number of fused-ring (bicyclic) bond motifs is 1. The van der Waals surface area contributed by atoms with Gasteiger partial charge >= 0.3 is 12.1 Å². The second-order valence-electron chi connectivity index (χ2n) is 7.79. The highest BCUT2D eigenvalue weighted by atomic mass is 16.7. The zero-order valence-electron chi connectivity index (χ0n) is 18.0. The summed E-state index contributed by atoms with van der Waals surface area (Å²) in [4.78, 5) is 37.4. The van der Waals surface area contributed by atoms with Crippen LogP contribution >= 0.6 is 0 Å². The first-order chi connectivity index (χ1) is 14.2. The number of esters is 1. The van der Waals surface area contributed by atoms with Crippen LogP contribution in [0.3, 0.4) is 0 Å². The van der Waals surface area contributed by atoms with E-state index in [1.54, 1.807) is 31.7 Å². The third-order valence-electron chi connectivity index (χ3n) is 4.13. The number of benzene rings is 1. The molecule has 1 heterocycles. The molecule has 0 aliphatic carbocycles. The number of amides is 2. The number of hydrogen-bond donors (Lipinski definition) is 1. The van der Waals surface area contributed by atoms with Crippen LogP contribution in [0.15, 0.2) is 18.2 Å². The molecule has 9 heteroatoms. The fourth-order valence-electron chi connectivity index (χ4n) is 2.68. The van der Waals surface area contributed by atoms with Crippen LogP contribution in [-0.2, 0) is 25.6 Å². The van der Waals surface area contributed by atoms with Crippen LogP contribution < -0.4 is 14.8 Å². The number of carbonyl (C=O) groups excluding carboxylic acids is 3. The fraction of sp³-hybridized carbons (Fsp3) is 0.571. The highest BCUT2D eigenvalue weighted by Gasteiger charge is 2.18. The van der Waals surface area contributed by atoms with Crippen LogP contribution in [0.2, 0.25) is 0 Å². The molecule has 2 rings (SSSR count). The van der Waals surface area contributed by atoms with Crippen LogP contribution in [0.1, 0.15) is 46.1 Å². The Labute approximate surface area is 176 Å². The van der Waals surface area contributed by atoms with E-state index in [1.807, 2.05) is 19.1 Å². The first-order valence-corrected chi connectivity index (χ1v) is 9.96. The van der Waals surface area contributed by atoms with Crippen LogP contribution in [0.25, 0.3) is 0 Å². The zero-order chi connectivity index (χ0) is 22.1. The number of nitrogens with zero attached hydrogens (tertiary/aromatic N) is 1. The summed E-state index contributed by atoms with van der Waals surface area (Å²) in [6.07, 6.45) is -0.0497. The lowest BCUT2D eigenvalue weighted by Gasteiger charge is -2.21. The molecule has 166 valence electrons. The van der Waals surface area contributed by atoms with Crippen molar-refractivity contribution >= 4 is 18.0 Å². The van der Waals surface area contributed by atoms with E-state index < -0.39 is 17.7 Å². The molecule has 0 radical (unpaired) electrons. The van der Waals surface area contributed by atoms with Crippen molar-refractivity contribution in [1.82, 2.24) is 10.2 Å². The number of nitrogens with one attached hydrogen (secondary N) is 1. The molecule has 30 heavy (non-hydrogen) atoms. The van der Waals surface area contributed by atoms with Crippen LogP contribution in [0.5, 0.6) is 11.5 Å². The Balaban J connectivity index is 1.68. The van der Waals surface area contributed by atoms with Crippen molar-refractivity contribution in [2.24, 2.45) is 0 Å². The average Bonchev–Trinajstić information content (AvgIpc) is 3.14. The SMILES string of the molecule is CCN(Cc1ccc2c(c1)OCO2)C(=O)COC(=O)CCCNC(=O)OC(C)(C)C. The maximum Gasteiger partial charge on any atom is 0.407 e. The molecule has 0 unspecified atom stereocenters. The van der Waals surface area contributed by atoms with Gasteiger partial charge in [0, 0.05) is 26.1 Å². The van der Waals surface area contributed by atoms with E-state index in [9.17, 15) is 14.4 Å². The van der Waals surface area contributed by atoms with E-state index in [-0.39, 0.29) is 32.3 Å². The van der Waals surface area contributed by atoms with Gasteiger partial charge in [0.15, 0.2) is 18.1 Å². The molecule has 1 aromatic rings.